The third-order valence-corrected chi connectivity index (χ3v) is 4.17. The Hall–Kier alpha value is -1.95. The highest BCUT2D eigenvalue weighted by Gasteiger charge is 2.22. The van der Waals surface area contributed by atoms with Crippen molar-refractivity contribution in [3.05, 3.63) is 44.8 Å². The Balaban J connectivity index is 2.32. The number of nitrogens with zero attached hydrogens (tertiary/aromatic N) is 2. The largest absolute Gasteiger partial charge is 0.365 e. The molecule has 19 heavy (non-hydrogen) atoms. The zero-order chi connectivity index (χ0) is 13.4. The van der Waals surface area contributed by atoms with Crippen molar-refractivity contribution in [2.45, 2.75) is 25.7 Å². The molecule has 6 heteroatoms. The number of pyridine rings is 1. The van der Waals surface area contributed by atoms with Crippen molar-refractivity contribution < 1.29 is 4.79 Å². The third-order valence-electron chi connectivity index (χ3n) is 3.40. The normalized spacial score (nSPS) is 14.1. The molecular formula is C13H13N3O2S. The van der Waals surface area contributed by atoms with Crippen molar-refractivity contribution in [2.75, 3.05) is 0 Å². The summed E-state index contributed by atoms with van der Waals surface area (Å²) in [5.41, 5.74) is 6.83. The topological polar surface area (TPSA) is 78.0 Å². The van der Waals surface area contributed by atoms with Crippen molar-refractivity contribution >= 4 is 17.2 Å². The van der Waals surface area contributed by atoms with E-state index in [1.165, 1.54) is 17.5 Å². The molecular weight excluding hydrogens is 262 g/mol. The predicted molar refractivity (Wildman–Crippen MR) is 72.9 cm³/mol. The van der Waals surface area contributed by atoms with Crippen molar-refractivity contribution in [1.29, 1.82) is 0 Å². The summed E-state index contributed by atoms with van der Waals surface area (Å²) in [5.74, 6) is -0.677. The molecule has 98 valence electrons. The van der Waals surface area contributed by atoms with Crippen LogP contribution in [0, 0.1) is 0 Å². The van der Waals surface area contributed by atoms with E-state index >= 15 is 0 Å². The number of carbonyl (C=O) groups excluding carboxylic acids is 1. The summed E-state index contributed by atoms with van der Waals surface area (Å²) < 4.78 is 1.85. The van der Waals surface area contributed by atoms with Crippen LogP contribution in [0.2, 0.25) is 0 Å². The molecule has 0 atom stereocenters. The average Bonchev–Trinajstić information content (AvgIpc) is 2.93. The van der Waals surface area contributed by atoms with Gasteiger partial charge in [0.05, 0.1) is 0 Å². The zero-order valence-corrected chi connectivity index (χ0v) is 11.1. The molecule has 0 aromatic carbocycles. The number of fused-ring (bicyclic) bond motifs is 1. The Labute approximate surface area is 113 Å². The lowest BCUT2D eigenvalue weighted by Gasteiger charge is -2.20. The van der Waals surface area contributed by atoms with Crippen molar-refractivity contribution in [3.8, 4) is 5.13 Å². The molecule has 0 saturated heterocycles. The molecule has 1 amide bonds. The van der Waals surface area contributed by atoms with E-state index in [0.717, 1.165) is 35.7 Å². The van der Waals surface area contributed by atoms with Gasteiger partial charge in [0.25, 0.3) is 5.91 Å². The number of thiazole rings is 1. The number of amides is 1. The summed E-state index contributed by atoms with van der Waals surface area (Å²) in [6.45, 7) is 0. The Morgan fingerprint density at radius 3 is 2.84 bits per heavy atom. The van der Waals surface area contributed by atoms with Gasteiger partial charge in [0.15, 0.2) is 10.6 Å². The van der Waals surface area contributed by atoms with Crippen LogP contribution in [0.25, 0.3) is 5.13 Å². The second-order valence-electron chi connectivity index (χ2n) is 4.55. The fraction of sp³-hybridized carbons (Fsp3) is 0.308. The predicted octanol–water partition coefficient (Wildman–Crippen LogP) is 1.27. The van der Waals surface area contributed by atoms with Crippen LogP contribution in [0.5, 0.6) is 0 Å². The van der Waals surface area contributed by atoms with Crippen LogP contribution in [-0.2, 0) is 12.8 Å². The molecule has 3 rings (SSSR count). The second-order valence-corrected chi connectivity index (χ2v) is 5.43. The molecule has 0 unspecified atom stereocenters. The molecule has 2 aromatic heterocycles. The number of rotatable bonds is 2. The van der Waals surface area contributed by atoms with Gasteiger partial charge in [-0.3, -0.25) is 14.2 Å². The summed E-state index contributed by atoms with van der Waals surface area (Å²) >= 11 is 1.47. The van der Waals surface area contributed by atoms with E-state index in [0.29, 0.717) is 6.42 Å². The molecule has 2 N–H and O–H groups in total. The van der Waals surface area contributed by atoms with Crippen LogP contribution in [0.3, 0.4) is 0 Å². The average molecular weight is 275 g/mol. The third kappa shape index (κ3) is 1.98. The summed E-state index contributed by atoms with van der Waals surface area (Å²) in [4.78, 5) is 27.9. The molecule has 1 aliphatic rings. The van der Waals surface area contributed by atoms with Crippen LogP contribution in [0.4, 0.5) is 0 Å². The van der Waals surface area contributed by atoms with Gasteiger partial charge >= 0.3 is 0 Å². The SMILES string of the molecule is NC(=O)c1cn(-c2nccs2)c2c(c1=O)CCCC2. The van der Waals surface area contributed by atoms with E-state index < -0.39 is 5.91 Å². The van der Waals surface area contributed by atoms with Crippen LogP contribution in [0.15, 0.2) is 22.6 Å². The summed E-state index contributed by atoms with van der Waals surface area (Å²) in [6, 6.07) is 0. The monoisotopic (exact) mass is 275 g/mol. The first-order chi connectivity index (χ1) is 9.18. The molecule has 0 spiro atoms. The molecule has 1 aliphatic carbocycles. The Bertz CT molecular complexity index is 689. The fourth-order valence-electron chi connectivity index (χ4n) is 2.51. The lowest BCUT2D eigenvalue weighted by Crippen LogP contribution is -2.30. The minimum atomic E-state index is -0.677. The van der Waals surface area contributed by atoms with Crippen molar-refractivity contribution in [2.24, 2.45) is 5.73 Å². The highest BCUT2D eigenvalue weighted by molar-refractivity contribution is 7.12. The number of aromatic nitrogens is 2. The molecule has 0 saturated carbocycles. The highest BCUT2D eigenvalue weighted by atomic mass is 32.1. The van der Waals surface area contributed by atoms with E-state index in [4.69, 9.17) is 5.73 Å². The number of hydrogen-bond acceptors (Lipinski definition) is 4. The van der Waals surface area contributed by atoms with E-state index in [-0.39, 0.29) is 11.0 Å². The summed E-state index contributed by atoms with van der Waals surface area (Å²) in [6.07, 6.45) is 6.81. The Morgan fingerprint density at radius 2 is 2.16 bits per heavy atom. The van der Waals surface area contributed by atoms with Gasteiger partial charge in [-0.05, 0) is 25.7 Å². The maximum Gasteiger partial charge on any atom is 0.254 e. The van der Waals surface area contributed by atoms with Gasteiger partial charge in [-0.2, -0.15) is 0 Å². The maximum atomic E-state index is 12.2. The van der Waals surface area contributed by atoms with Gasteiger partial charge in [0, 0.05) is 29.0 Å². The Kier molecular flexibility index (Phi) is 2.94. The Morgan fingerprint density at radius 1 is 1.37 bits per heavy atom. The molecule has 0 aliphatic heterocycles. The van der Waals surface area contributed by atoms with Gasteiger partial charge in [-0.15, -0.1) is 11.3 Å². The minimum Gasteiger partial charge on any atom is -0.365 e. The summed E-state index contributed by atoms with van der Waals surface area (Å²) in [5, 5.41) is 2.63. The minimum absolute atomic E-state index is 0.0517. The molecule has 5 nitrogen and oxygen atoms in total. The smallest absolute Gasteiger partial charge is 0.254 e. The first kappa shape index (κ1) is 12.1. The van der Waals surface area contributed by atoms with Crippen LogP contribution >= 0.6 is 11.3 Å². The van der Waals surface area contributed by atoms with E-state index in [1.807, 2.05) is 9.95 Å². The number of hydrogen-bond donors (Lipinski definition) is 1. The fourth-order valence-corrected chi connectivity index (χ4v) is 3.15. The van der Waals surface area contributed by atoms with Gasteiger partial charge in [-0.25, -0.2) is 4.98 Å². The van der Waals surface area contributed by atoms with Gasteiger partial charge < -0.3 is 5.73 Å². The van der Waals surface area contributed by atoms with Crippen molar-refractivity contribution in [1.82, 2.24) is 9.55 Å². The number of carbonyl (C=O) groups is 1. The van der Waals surface area contributed by atoms with Gasteiger partial charge in [-0.1, -0.05) is 0 Å². The zero-order valence-electron chi connectivity index (χ0n) is 10.3. The summed E-state index contributed by atoms with van der Waals surface area (Å²) in [7, 11) is 0. The van der Waals surface area contributed by atoms with E-state index in [1.54, 1.807) is 6.20 Å². The van der Waals surface area contributed by atoms with Gasteiger partial charge in [0.1, 0.15) is 5.56 Å². The lowest BCUT2D eigenvalue weighted by atomic mass is 9.94. The second kappa shape index (κ2) is 4.62. The van der Waals surface area contributed by atoms with E-state index in [2.05, 4.69) is 4.98 Å². The number of nitrogens with two attached hydrogens (primary N) is 1. The molecule has 0 fully saturated rings. The van der Waals surface area contributed by atoms with Crippen LogP contribution in [0.1, 0.15) is 34.5 Å². The number of primary amides is 1. The molecule has 0 bridgehead atoms. The van der Waals surface area contributed by atoms with Gasteiger partial charge in [0.2, 0.25) is 0 Å². The lowest BCUT2D eigenvalue weighted by molar-refractivity contribution is 0.0998. The van der Waals surface area contributed by atoms with Crippen LogP contribution in [-0.4, -0.2) is 15.5 Å². The first-order valence-electron chi connectivity index (χ1n) is 6.15. The quantitative estimate of drug-likeness (QED) is 0.896. The van der Waals surface area contributed by atoms with Crippen LogP contribution < -0.4 is 11.2 Å². The van der Waals surface area contributed by atoms with Crippen molar-refractivity contribution in [3.63, 3.8) is 0 Å². The standard InChI is InChI=1S/C13H13N3O2S/c14-12(18)9-7-16(13-15-5-6-19-13)10-4-2-1-3-8(10)11(9)17/h5-7H,1-4H2,(H2,14,18). The molecule has 2 aromatic rings. The maximum absolute atomic E-state index is 12.2. The highest BCUT2D eigenvalue weighted by Crippen LogP contribution is 2.23. The molecule has 0 radical (unpaired) electrons. The first-order valence-corrected chi connectivity index (χ1v) is 7.03. The molecule has 2 heterocycles. The van der Waals surface area contributed by atoms with E-state index in [9.17, 15) is 9.59 Å².